The molecule has 0 aliphatic rings. The fourth-order valence-electron chi connectivity index (χ4n) is 2.84. The number of pyridine rings is 1. The molecule has 158 valence electrons. The first-order valence-corrected chi connectivity index (χ1v) is 11.0. The Bertz CT molecular complexity index is 1390. The van der Waals surface area contributed by atoms with Crippen LogP contribution in [0.4, 0.5) is 4.39 Å². The Morgan fingerprint density at radius 3 is 2.61 bits per heavy atom. The molecule has 0 aliphatic heterocycles. The largest absolute Gasteiger partial charge is 0.332 e. The van der Waals surface area contributed by atoms with E-state index in [0.29, 0.717) is 17.0 Å². The Kier molecular flexibility index (Phi) is 5.19. The zero-order valence-corrected chi connectivity index (χ0v) is 17.6. The minimum atomic E-state index is -3.40. The maximum absolute atomic E-state index is 13.9. The number of halogens is 1. The normalized spacial score (nSPS) is 12.6. The zero-order valence-electron chi connectivity index (χ0n) is 16.8. The molecule has 3 aromatic heterocycles. The first kappa shape index (κ1) is 20.5. The van der Waals surface area contributed by atoms with Gasteiger partial charge in [-0.2, -0.15) is 4.98 Å². The number of allylic oxidation sites excluding steroid dienone is 2. The van der Waals surface area contributed by atoms with Crippen LogP contribution in [-0.4, -0.2) is 44.8 Å². The van der Waals surface area contributed by atoms with Gasteiger partial charge in [0, 0.05) is 18.0 Å². The minimum absolute atomic E-state index is 0.0379. The molecule has 0 unspecified atom stereocenters. The van der Waals surface area contributed by atoms with Gasteiger partial charge in [0.1, 0.15) is 11.5 Å². The van der Waals surface area contributed by atoms with Crippen molar-refractivity contribution in [2.24, 2.45) is 0 Å². The predicted molar refractivity (Wildman–Crippen MR) is 111 cm³/mol. The second-order valence-corrected chi connectivity index (χ2v) is 8.77. The lowest BCUT2D eigenvalue weighted by Crippen LogP contribution is -2.01. The maximum Gasteiger partial charge on any atom is 0.281 e. The molecule has 3 heterocycles. The molecule has 4 rings (SSSR count). The number of sulfone groups is 1. The van der Waals surface area contributed by atoms with Crippen LogP contribution in [0.1, 0.15) is 13.8 Å². The molecule has 9 nitrogen and oxygen atoms in total. The number of aromatic nitrogens is 6. The molecule has 0 radical (unpaired) electrons. The smallest absolute Gasteiger partial charge is 0.281 e. The first-order chi connectivity index (χ1) is 14.8. The van der Waals surface area contributed by atoms with Crippen molar-refractivity contribution < 1.29 is 17.3 Å². The Morgan fingerprint density at radius 2 is 1.94 bits per heavy atom. The van der Waals surface area contributed by atoms with Crippen LogP contribution in [0.5, 0.6) is 0 Å². The van der Waals surface area contributed by atoms with Crippen molar-refractivity contribution in [1.29, 1.82) is 0 Å². The van der Waals surface area contributed by atoms with Gasteiger partial charge in [-0.05, 0) is 38.1 Å². The highest BCUT2D eigenvalue weighted by molar-refractivity contribution is 7.90. The summed E-state index contributed by atoms with van der Waals surface area (Å²) in [7, 11) is -3.40. The topological polar surface area (TPSA) is 117 Å². The molecule has 31 heavy (non-hydrogen) atoms. The van der Waals surface area contributed by atoms with Gasteiger partial charge in [-0.25, -0.2) is 17.5 Å². The molecule has 0 amide bonds. The number of nitrogens with zero attached hydrogens (tertiary/aromatic N) is 6. The van der Waals surface area contributed by atoms with Crippen LogP contribution in [0.3, 0.4) is 0 Å². The van der Waals surface area contributed by atoms with E-state index in [1.807, 2.05) is 0 Å². The average molecular weight is 440 g/mol. The summed E-state index contributed by atoms with van der Waals surface area (Å²) in [6.07, 6.45) is 2.71. The molecule has 0 saturated carbocycles. The van der Waals surface area contributed by atoms with Crippen LogP contribution in [-0.2, 0) is 9.84 Å². The molecular weight excluding hydrogens is 423 g/mol. The van der Waals surface area contributed by atoms with Crippen LogP contribution >= 0.6 is 0 Å². The quantitative estimate of drug-likeness (QED) is 0.462. The highest BCUT2D eigenvalue weighted by Crippen LogP contribution is 2.32. The number of rotatable bonds is 5. The third-order valence-corrected chi connectivity index (χ3v) is 5.65. The lowest BCUT2D eigenvalue weighted by atomic mass is 10.2. The van der Waals surface area contributed by atoms with Crippen molar-refractivity contribution in [3.8, 4) is 34.4 Å². The van der Waals surface area contributed by atoms with Crippen molar-refractivity contribution in [3.05, 3.63) is 54.5 Å². The van der Waals surface area contributed by atoms with Crippen molar-refractivity contribution in [3.63, 3.8) is 0 Å². The van der Waals surface area contributed by atoms with Gasteiger partial charge in [0.05, 0.1) is 16.3 Å². The summed E-state index contributed by atoms with van der Waals surface area (Å²) in [4.78, 5) is 8.80. The summed E-state index contributed by atoms with van der Waals surface area (Å²) in [5, 5.41) is 12.1. The van der Waals surface area contributed by atoms with E-state index in [-0.39, 0.29) is 28.0 Å². The summed E-state index contributed by atoms with van der Waals surface area (Å²) in [6, 6.07) is 11.5. The second kappa shape index (κ2) is 7.84. The second-order valence-electron chi connectivity index (χ2n) is 6.76. The van der Waals surface area contributed by atoms with Crippen LogP contribution in [0, 0.1) is 0 Å². The summed E-state index contributed by atoms with van der Waals surface area (Å²) in [5.74, 6) is -0.218. The summed E-state index contributed by atoms with van der Waals surface area (Å²) < 4.78 is 44.3. The zero-order chi connectivity index (χ0) is 22.2. The summed E-state index contributed by atoms with van der Waals surface area (Å²) in [5.41, 5.74) is 1.79. The number of hydrogen-bond donors (Lipinski definition) is 0. The van der Waals surface area contributed by atoms with E-state index < -0.39 is 15.7 Å². The fraction of sp³-hybridized carbons (Fsp3) is 0.150. The number of benzene rings is 1. The van der Waals surface area contributed by atoms with E-state index in [2.05, 4.69) is 25.4 Å². The van der Waals surface area contributed by atoms with Gasteiger partial charge < -0.3 is 4.52 Å². The summed E-state index contributed by atoms with van der Waals surface area (Å²) in [6.45, 7) is 2.88. The fourth-order valence-corrected chi connectivity index (χ4v) is 3.51. The number of hydrogen-bond acceptors (Lipinski definition) is 8. The Labute approximate surface area is 177 Å². The van der Waals surface area contributed by atoms with E-state index in [1.165, 1.54) is 23.7 Å². The van der Waals surface area contributed by atoms with Gasteiger partial charge in [0.25, 0.3) is 5.89 Å². The Hall–Kier alpha value is -3.73. The first-order valence-electron chi connectivity index (χ1n) is 9.10. The van der Waals surface area contributed by atoms with E-state index in [0.717, 1.165) is 6.26 Å². The SMILES string of the molecule is C/C(F)=C(\C)n1nnc(-c2nc(-c3cccc(S(C)(=O)=O)c3)no2)c1-c1ccccn1. The van der Waals surface area contributed by atoms with Gasteiger partial charge >= 0.3 is 0 Å². The lowest BCUT2D eigenvalue weighted by Gasteiger charge is -2.06. The van der Waals surface area contributed by atoms with Gasteiger partial charge in [0.15, 0.2) is 15.5 Å². The molecule has 0 N–H and O–H groups in total. The molecule has 0 bridgehead atoms. The van der Waals surface area contributed by atoms with Crippen LogP contribution < -0.4 is 0 Å². The average Bonchev–Trinajstić information content (AvgIpc) is 3.40. The molecule has 0 spiro atoms. The highest BCUT2D eigenvalue weighted by Gasteiger charge is 2.24. The predicted octanol–water partition coefficient (Wildman–Crippen LogP) is 3.64. The van der Waals surface area contributed by atoms with Crippen molar-refractivity contribution >= 4 is 15.5 Å². The van der Waals surface area contributed by atoms with Gasteiger partial charge in [-0.1, -0.05) is 28.6 Å². The molecule has 11 heteroatoms. The summed E-state index contributed by atoms with van der Waals surface area (Å²) >= 11 is 0. The third kappa shape index (κ3) is 3.99. The van der Waals surface area contributed by atoms with E-state index in [9.17, 15) is 12.8 Å². The van der Waals surface area contributed by atoms with Crippen molar-refractivity contribution in [2.45, 2.75) is 18.7 Å². The third-order valence-electron chi connectivity index (χ3n) is 4.54. The van der Waals surface area contributed by atoms with Crippen LogP contribution in [0.2, 0.25) is 0 Å². The Morgan fingerprint density at radius 1 is 1.13 bits per heavy atom. The van der Waals surface area contributed by atoms with Gasteiger partial charge in [-0.15, -0.1) is 5.10 Å². The molecule has 0 fully saturated rings. The van der Waals surface area contributed by atoms with Crippen molar-refractivity contribution in [1.82, 2.24) is 30.1 Å². The van der Waals surface area contributed by atoms with E-state index >= 15 is 0 Å². The highest BCUT2D eigenvalue weighted by atomic mass is 32.2. The minimum Gasteiger partial charge on any atom is -0.332 e. The molecule has 0 aliphatic carbocycles. The molecule has 0 saturated heterocycles. The molecule has 0 atom stereocenters. The van der Waals surface area contributed by atoms with Gasteiger partial charge in [0.2, 0.25) is 5.82 Å². The molecule has 1 aromatic carbocycles. The monoisotopic (exact) mass is 440 g/mol. The van der Waals surface area contributed by atoms with Crippen LogP contribution in [0.25, 0.3) is 40.1 Å². The van der Waals surface area contributed by atoms with Crippen LogP contribution in [0.15, 0.2) is 63.9 Å². The van der Waals surface area contributed by atoms with E-state index in [1.54, 1.807) is 43.5 Å². The van der Waals surface area contributed by atoms with Crippen molar-refractivity contribution in [2.75, 3.05) is 6.26 Å². The molecular formula is C20H17FN6O3S. The maximum atomic E-state index is 13.9. The lowest BCUT2D eigenvalue weighted by molar-refractivity contribution is 0.431. The standard InChI is InChI=1S/C20H17FN6O3S/c1-12(21)13(2)27-18(16-9-4-5-10-22-16)17(24-26-27)20-23-19(25-30-20)14-7-6-8-15(11-14)31(3,28)29/h4-11H,1-3H3/b13-12-. The Balaban J connectivity index is 1.84. The van der Waals surface area contributed by atoms with E-state index in [4.69, 9.17) is 4.52 Å². The van der Waals surface area contributed by atoms with Gasteiger partial charge in [-0.3, -0.25) is 4.98 Å². The molecule has 4 aromatic rings.